The van der Waals surface area contributed by atoms with E-state index < -0.39 is 5.60 Å². The van der Waals surface area contributed by atoms with Crippen molar-refractivity contribution in [3.05, 3.63) is 114 Å². The monoisotopic (exact) mass is 424 g/mol. The van der Waals surface area contributed by atoms with Gasteiger partial charge in [0.1, 0.15) is 0 Å². The second-order valence-corrected chi connectivity index (χ2v) is 8.59. The predicted molar refractivity (Wildman–Crippen MR) is 128 cm³/mol. The lowest BCUT2D eigenvalue weighted by Gasteiger charge is -2.41. The lowest BCUT2D eigenvalue weighted by Crippen LogP contribution is -2.46. The molecule has 0 radical (unpaired) electrons. The van der Waals surface area contributed by atoms with Crippen molar-refractivity contribution in [2.24, 2.45) is 0 Å². The van der Waals surface area contributed by atoms with Crippen LogP contribution < -0.4 is 0 Å². The Morgan fingerprint density at radius 2 is 1.66 bits per heavy atom. The molecule has 3 aromatic carbocycles. The molecule has 0 spiro atoms. The Hall–Kier alpha value is -3.21. The third-order valence-electron chi connectivity index (χ3n) is 6.68. The van der Waals surface area contributed by atoms with Crippen molar-refractivity contribution in [3.8, 4) is 0 Å². The molecule has 0 saturated carbocycles. The topological polar surface area (TPSA) is 47.3 Å². The zero-order chi connectivity index (χ0) is 22.2. The maximum atomic E-state index is 12.3. The molecule has 1 saturated heterocycles. The molecule has 0 amide bonds. The maximum absolute atomic E-state index is 12.3. The Kier molecular flexibility index (Phi) is 5.20. The van der Waals surface area contributed by atoms with Crippen molar-refractivity contribution < 1.29 is 9.84 Å². The second-order valence-electron chi connectivity index (χ2n) is 8.59. The summed E-state index contributed by atoms with van der Waals surface area (Å²) >= 11 is 0. The van der Waals surface area contributed by atoms with Crippen LogP contribution in [0.15, 0.2) is 91.5 Å². The van der Waals surface area contributed by atoms with Gasteiger partial charge in [-0.2, -0.15) is 0 Å². The van der Waals surface area contributed by atoms with E-state index in [1.165, 1.54) is 5.56 Å². The number of hydrogen-bond acceptors (Lipinski definition) is 3. The normalized spacial score (nSPS) is 15.4. The van der Waals surface area contributed by atoms with Crippen LogP contribution in [0.1, 0.15) is 35.9 Å². The zero-order valence-electron chi connectivity index (χ0n) is 18.4. The largest absolute Gasteiger partial charge is 0.379 e. The molecule has 162 valence electrons. The van der Waals surface area contributed by atoms with Crippen LogP contribution in [0.5, 0.6) is 0 Å². The molecule has 0 atom stereocenters. The fraction of sp³-hybridized carbons (Fsp3) is 0.250. The van der Waals surface area contributed by atoms with E-state index in [0.29, 0.717) is 25.6 Å². The minimum Gasteiger partial charge on any atom is -0.379 e. The molecule has 4 aromatic rings. The van der Waals surface area contributed by atoms with Gasteiger partial charge in [0.2, 0.25) is 0 Å². The van der Waals surface area contributed by atoms with Crippen LogP contribution in [0.2, 0.25) is 0 Å². The molecule has 0 aliphatic carbocycles. The van der Waals surface area contributed by atoms with E-state index in [4.69, 9.17) is 9.72 Å². The Bertz CT molecular complexity index is 1200. The highest BCUT2D eigenvalue weighted by molar-refractivity contribution is 5.78. The standard InChI is InChI=1S/C28H28N2O2/c1-3-17-27(19-32-20-27)23-15-16-24-25(18-23)30(4-2)26(29-24)28(31,21-11-7-5-8-12-21)22-13-9-6-10-14-22/h3,5-16,18,31H,1,4,17,19-20H2,2H3. The average molecular weight is 425 g/mol. The summed E-state index contributed by atoms with van der Waals surface area (Å²) in [6.45, 7) is 8.15. The molecule has 4 heteroatoms. The van der Waals surface area contributed by atoms with Gasteiger partial charge in [0.25, 0.3) is 0 Å². The van der Waals surface area contributed by atoms with E-state index in [1.807, 2.05) is 66.7 Å². The summed E-state index contributed by atoms with van der Waals surface area (Å²) in [6.07, 6.45) is 2.85. The van der Waals surface area contributed by atoms with Gasteiger partial charge in [-0.05, 0) is 42.2 Å². The number of imidazole rings is 1. The number of aryl methyl sites for hydroxylation is 1. The molecule has 1 aromatic heterocycles. The highest BCUT2D eigenvalue weighted by Crippen LogP contribution is 2.40. The molecule has 0 bridgehead atoms. The van der Waals surface area contributed by atoms with Gasteiger partial charge in [-0.1, -0.05) is 72.8 Å². The first-order chi connectivity index (χ1) is 15.6. The Morgan fingerprint density at radius 1 is 1.03 bits per heavy atom. The van der Waals surface area contributed by atoms with Crippen molar-refractivity contribution in [2.45, 2.75) is 30.9 Å². The molecule has 5 rings (SSSR count). The zero-order valence-corrected chi connectivity index (χ0v) is 18.4. The van der Waals surface area contributed by atoms with E-state index in [-0.39, 0.29) is 5.41 Å². The van der Waals surface area contributed by atoms with Crippen LogP contribution in [0, 0.1) is 0 Å². The van der Waals surface area contributed by atoms with Crippen LogP contribution in [-0.2, 0) is 22.3 Å². The first kappa shape index (κ1) is 20.7. The molecule has 0 unspecified atom stereocenters. The minimum absolute atomic E-state index is 0.0197. The highest BCUT2D eigenvalue weighted by atomic mass is 16.5. The summed E-state index contributed by atoms with van der Waals surface area (Å²) in [4.78, 5) is 4.98. The van der Waals surface area contributed by atoms with Crippen LogP contribution in [0.3, 0.4) is 0 Å². The predicted octanol–water partition coefficient (Wildman–Crippen LogP) is 5.18. The minimum atomic E-state index is -1.36. The summed E-state index contributed by atoms with van der Waals surface area (Å²) < 4.78 is 7.72. The van der Waals surface area contributed by atoms with Crippen molar-refractivity contribution in [2.75, 3.05) is 13.2 Å². The Labute approximate surface area is 188 Å². The van der Waals surface area contributed by atoms with Gasteiger partial charge in [-0.3, -0.25) is 0 Å². The van der Waals surface area contributed by atoms with E-state index in [2.05, 4.69) is 36.3 Å². The van der Waals surface area contributed by atoms with E-state index in [0.717, 1.165) is 28.6 Å². The molecular formula is C28H28N2O2. The first-order valence-corrected chi connectivity index (χ1v) is 11.2. The fourth-order valence-electron chi connectivity index (χ4n) is 4.86. The summed E-state index contributed by atoms with van der Waals surface area (Å²) in [6, 6.07) is 26.0. The van der Waals surface area contributed by atoms with Crippen molar-refractivity contribution in [3.63, 3.8) is 0 Å². The summed E-state index contributed by atoms with van der Waals surface area (Å²) in [5, 5.41) is 12.3. The van der Waals surface area contributed by atoms with Gasteiger partial charge in [0.05, 0.1) is 24.2 Å². The summed E-state index contributed by atoms with van der Waals surface area (Å²) in [5.41, 5.74) is 3.36. The quantitative estimate of drug-likeness (QED) is 0.416. The Morgan fingerprint density at radius 3 is 2.16 bits per heavy atom. The fourth-order valence-corrected chi connectivity index (χ4v) is 4.86. The van der Waals surface area contributed by atoms with Gasteiger partial charge >= 0.3 is 0 Å². The average Bonchev–Trinajstić information content (AvgIpc) is 3.20. The smallest absolute Gasteiger partial charge is 0.173 e. The van der Waals surface area contributed by atoms with Crippen LogP contribution in [0.4, 0.5) is 0 Å². The van der Waals surface area contributed by atoms with E-state index in [9.17, 15) is 5.11 Å². The lowest BCUT2D eigenvalue weighted by atomic mass is 9.76. The van der Waals surface area contributed by atoms with Crippen molar-refractivity contribution in [1.29, 1.82) is 0 Å². The van der Waals surface area contributed by atoms with Crippen LogP contribution in [-0.4, -0.2) is 27.9 Å². The number of allylic oxidation sites excluding steroid dienone is 1. The Balaban J connectivity index is 1.74. The van der Waals surface area contributed by atoms with E-state index >= 15 is 0 Å². The number of aromatic nitrogens is 2. The summed E-state index contributed by atoms with van der Waals surface area (Å²) in [5.74, 6) is 0.632. The molecule has 1 aliphatic heterocycles. The SMILES string of the molecule is C=CCC1(c2ccc3nc(C(O)(c4ccccc4)c4ccccc4)n(CC)c3c2)COC1. The second kappa shape index (κ2) is 8.05. The number of aliphatic hydroxyl groups is 1. The first-order valence-electron chi connectivity index (χ1n) is 11.2. The third kappa shape index (κ3) is 3.10. The number of rotatable bonds is 7. The third-order valence-corrected chi connectivity index (χ3v) is 6.68. The lowest BCUT2D eigenvalue weighted by molar-refractivity contribution is -0.0584. The van der Waals surface area contributed by atoms with Crippen molar-refractivity contribution >= 4 is 11.0 Å². The summed E-state index contributed by atoms with van der Waals surface area (Å²) in [7, 11) is 0. The van der Waals surface area contributed by atoms with Gasteiger partial charge in [0.15, 0.2) is 11.4 Å². The highest BCUT2D eigenvalue weighted by Gasteiger charge is 2.41. The molecule has 2 heterocycles. The molecule has 32 heavy (non-hydrogen) atoms. The number of fused-ring (bicyclic) bond motifs is 1. The number of ether oxygens (including phenoxy) is 1. The maximum Gasteiger partial charge on any atom is 0.173 e. The van der Waals surface area contributed by atoms with Crippen molar-refractivity contribution in [1.82, 2.24) is 9.55 Å². The van der Waals surface area contributed by atoms with E-state index in [1.54, 1.807) is 0 Å². The van der Waals surface area contributed by atoms with Crippen LogP contribution in [0.25, 0.3) is 11.0 Å². The molecule has 1 fully saturated rings. The molecule has 4 nitrogen and oxygen atoms in total. The van der Waals surface area contributed by atoms with Gasteiger partial charge in [-0.15, -0.1) is 6.58 Å². The number of benzene rings is 3. The van der Waals surface area contributed by atoms with Gasteiger partial charge in [-0.25, -0.2) is 4.98 Å². The van der Waals surface area contributed by atoms with Gasteiger partial charge < -0.3 is 14.4 Å². The molecule has 1 N–H and O–H groups in total. The number of nitrogens with zero attached hydrogens (tertiary/aromatic N) is 2. The van der Waals surface area contributed by atoms with Gasteiger partial charge in [0, 0.05) is 12.0 Å². The molecular weight excluding hydrogens is 396 g/mol. The number of hydrogen-bond donors (Lipinski definition) is 1. The van der Waals surface area contributed by atoms with Crippen LogP contribution >= 0.6 is 0 Å². The molecule has 1 aliphatic rings.